The lowest BCUT2D eigenvalue weighted by molar-refractivity contribution is 0.127. The Labute approximate surface area is 136 Å². The second-order valence-corrected chi connectivity index (χ2v) is 4.94. The Morgan fingerprint density at radius 2 is 1.67 bits per heavy atom. The van der Waals surface area contributed by atoms with E-state index < -0.39 is 0 Å². The first-order valence-corrected chi connectivity index (χ1v) is 6.86. The molecule has 0 aromatic heterocycles. The average Bonchev–Trinajstić information content (AvgIpc) is 2.38. The summed E-state index contributed by atoms with van der Waals surface area (Å²) in [7, 11) is 0. The van der Waals surface area contributed by atoms with Crippen LogP contribution in [0.1, 0.15) is 6.42 Å². The maximum Gasteiger partial charge on any atom is 0.260 e. The van der Waals surface area contributed by atoms with E-state index in [1.165, 1.54) is 6.07 Å². The van der Waals surface area contributed by atoms with Crippen molar-refractivity contribution in [3.05, 3.63) is 27.2 Å². The summed E-state index contributed by atoms with van der Waals surface area (Å²) in [5, 5.41) is 4.58. The van der Waals surface area contributed by atoms with Gasteiger partial charge >= 0.3 is 0 Å². The number of halogens is 3. The van der Waals surface area contributed by atoms with Gasteiger partial charge in [0, 0.05) is 12.5 Å². The highest BCUT2D eigenvalue weighted by molar-refractivity contribution is 6.43. The van der Waals surface area contributed by atoms with Gasteiger partial charge < -0.3 is 26.8 Å². The maximum atomic E-state index is 5.96. The molecule has 0 heterocycles. The maximum absolute atomic E-state index is 5.96. The molecule has 0 saturated heterocycles. The molecule has 0 radical (unpaired) electrons. The first-order valence-electron chi connectivity index (χ1n) is 5.72. The molecule has 0 aliphatic carbocycles. The number of hydrogen-bond acceptors (Lipinski definition) is 3. The molecule has 10 heteroatoms. The average molecular weight is 355 g/mol. The molecule has 0 amide bonds. The minimum absolute atomic E-state index is 0.163. The zero-order valence-corrected chi connectivity index (χ0v) is 13.1. The minimum atomic E-state index is -0.197. The van der Waals surface area contributed by atoms with Crippen molar-refractivity contribution in [2.45, 2.75) is 6.42 Å². The van der Waals surface area contributed by atoms with Crippen LogP contribution in [0.2, 0.25) is 15.1 Å². The highest BCUT2D eigenvalue weighted by Gasteiger charge is 2.06. The zero-order valence-electron chi connectivity index (χ0n) is 10.9. The molecule has 116 valence electrons. The van der Waals surface area contributed by atoms with Gasteiger partial charge in [0.15, 0.2) is 5.96 Å². The molecule has 1 aromatic carbocycles. The molecule has 6 N–H and O–H groups in total. The van der Waals surface area contributed by atoms with Crippen molar-refractivity contribution in [3.63, 3.8) is 0 Å². The summed E-state index contributed by atoms with van der Waals surface area (Å²) in [4.78, 5) is 8.36. The number of nitrogens with zero attached hydrogens (tertiary/aromatic N) is 2. The monoisotopic (exact) mass is 353 g/mol. The summed E-state index contributed by atoms with van der Waals surface area (Å²) < 4.78 is 5.44. The molecule has 21 heavy (non-hydrogen) atoms. The van der Waals surface area contributed by atoms with E-state index >= 15 is 0 Å². The number of benzene rings is 1. The fourth-order valence-corrected chi connectivity index (χ4v) is 1.78. The van der Waals surface area contributed by atoms with Gasteiger partial charge in [0.05, 0.1) is 21.7 Å². The normalized spacial score (nSPS) is 11.1. The molecule has 0 aliphatic rings. The summed E-state index contributed by atoms with van der Waals surface area (Å²) in [6.07, 6.45) is 0.537. The van der Waals surface area contributed by atoms with Crippen LogP contribution in [0.4, 0.5) is 0 Å². The van der Waals surface area contributed by atoms with Crippen LogP contribution >= 0.6 is 34.8 Å². The molecular weight excluding hydrogens is 341 g/mol. The summed E-state index contributed by atoms with van der Waals surface area (Å²) in [6.45, 7) is 0.606. The van der Waals surface area contributed by atoms with Crippen LogP contribution < -0.4 is 21.9 Å². The number of rotatable bonds is 6. The number of nitrogens with two attached hydrogens (primary N) is 3. The Bertz CT molecular complexity index is 547. The van der Waals surface area contributed by atoms with E-state index in [-0.39, 0.29) is 18.5 Å². The molecule has 1 aromatic rings. The molecule has 7 nitrogen and oxygen atoms in total. The lowest BCUT2D eigenvalue weighted by atomic mass is 10.3. The minimum Gasteiger partial charge on any atom is -0.492 e. The van der Waals surface area contributed by atoms with Crippen LogP contribution in [0.15, 0.2) is 22.3 Å². The van der Waals surface area contributed by atoms with Crippen molar-refractivity contribution < 1.29 is 9.57 Å². The number of ether oxygens (including phenoxy) is 1. The van der Waals surface area contributed by atoms with Gasteiger partial charge in [-0.1, -0.05) is 34.8 Å². The van der Waals surface area contributed by atoms with Crippen molar-refractivity contribution in [2.75, 3.05) is 13.2 Å². The summed E-state index contributed by atoms with van der Waals surface area (Å²) in [5.41, 5.74) is 15.5. The quantitative estimate of drug-likeness (QED) is 0.237. The van der Waals surface area contributed by atoms with E-state index in [0.29, 0.717) is 33.8 Å². The lowest BCUT2D eigenvalue weighted by Gasteiger charge is -2.08. The van der Waals surface area contributed by atoms with Crippen LogP contribution in [0.3, 0.4) is 0 Å². The summed E-state index contributed by atoms with van der Waals surface area (Å²) in [5.74, 6) is 0.0791. The molecule has 0 aliphatic heterocycles. The van der Waals surface area contributed by atoms with Gasteiger partial charge in [-0.3, -0.25) is 0 Å². The van der Waals surface area contributed by atoms with E-state index in [2.05, 4.69) is 10.1 Å². The molecule has 0 fully saturated rings. The van der Waals surface area contributed by atoms with Crippen LogP contribution in [-0.2, 0) is 4.84 Å². The van der Waals surface area contributed by atoms with Gasteiger partial charge in [0.1, 0.15) is 12.4 Å². The number of hydrogen-bond donors (Lipinski definition) is 3. The first-order chi connectivity index (χ1) is 9.90. The molecule has 0 spiro atoms. The number of aliphatic imine (C=N–C) groups is 1. The van der Waals surface area contributed by atoms with Crippen molar-refractivity contribution in [2.24, 2.45) is 27.3 Å². The van der Waals surface area contributed by atoms with E-state index in [1.807, 2.05) is 0 Å². The molecule has 0 bridgehead atoms. The predicted octanol–water partition coefficient (Wildman–Crippen LogP) is 1.94. The van der Waals surface area contributed by atoms with Crippen LogP contribution in [0.25, 0.3) is 0 Å². The topological polar surface area (TPSA) is 121 Å². The highest BCUT2D eigenvalue weighted by Crippen LogP contribution is 2.33. The first kappa shape index (κ1) is 17.5. The lowest BCUT2D eigenvalue weighted by Crippen LogP contribution is -2.26. The second-order valence-electron chi connectivity index (χ2n) is 3.72. The van der Waals surface area contributed by atoms with Crippen molar-refractivity contribution in [1.29, 1.82) is 0 Å². The van der Waals surface area contributed by atoms with Gasteiger partial charge in [-0.2, -0.15) is 4.99 Å². The van der Waals surface area contributed by atoms with Crippen LogP contribution in [-0.4, -0.2) is 25.1 Å². The van der Waals surface area contributed by atoms with Gasteiger partial charge in [-0.15, -0.1) is 0 Å². The third-order valence-corrected chi connectivity index (χ3v) is 3.03. The fraction of sp³-hybridized carbons (Fsp3) is 0.273. The molecular formula is C11H14Cl3N5O2. The Kier molecular flexibility index (Phi) is 7.21. The second kappa shape index (κ2) is 8.66. The third kappa shape index (κ3) is 6.61. The largest absolute Gasteiger partial charge is 0.492 e. The van der Waals surface area contributed by atoms with Crippen LogP contribution in [0.5, 0.6) is 5.75 Å². The fourth-order valence-electron chi connectivity index (χ4n) is 1.18. The Morgan fingerprint density at radius 1 is 1.00 bits per heavy atom. The van der Waals surface area contributed by atoms with Gasteiger partial charge in [-0.05, 0) is 11.2 Å². The van der Waals surface area contributed by atoms with E-state index in [9.17, 15) is 0 Å². The molecule has 0 atom stereocenters. The summed E-state index contributed by atoms with van der Waals surface area (Å²) >= 11 is 17.6. The molecule has 0 saturated carbocycles. The smallest absolute Gasteiger partial charge is 0.260 e. The van der Waals surface area contributed by atoms with Gasteiger partial charge in [0.25, 0.3) is 5.96 Å². The summed E-state index contributed by atoms with van der Waals surface area (Å²) in [6, 6.07) is 3.06. The Hall–Kier alpha value is -1.57. The third-order valence-electron chi connectivity index (χ3n) is 2.01. The Morgan fingerprint density at radius 3 is 2.33 bits per heavy atom. The van der Waals surface area contributed by atoms with Crippen molar-refractivity contribution in [3.8, 4) is 5.75 Å². The van der Waals surface area contributed by atoms with Crippen molar-refractivity contribution in [1.82, 2.24) is 0 Å². The molecule has 0 unspecified atom stereocenters. The van der Waals surface area contributed by atoms with E-state index in [0.717, 1.165) is 0 Å². The zero-order chi connectivity index (χ0) is 15.8. The van der Waals surface area contributed by atoms with Gasteiger partial charge in [-0.25, -0.2) is 0 Å². The number of oxime groups is 1. The predicted molar refractivity (Wildman–Crippen MR) is 85.0 cm³/mol. The standard InChI is InChI=1S/C11H14Cl3N5O2/c12-6-4-8(14)9(5-7(6)13)20-2-1-3-21-19-11(17)18-10(15)16/h4-5H,1-3H2,(H6,15,16,17,18,19). The van der Waals surface area contributed by atoms with E-state index in [4.69, 9.17) is 61.6 Å². The van der Waals surface area contributed by atoms with Crippen LogP contribution in [0, 0.1) is 0 Å². The van der Waals surface area contributed by atoms with Crippen molar-refractivity contribution >= 4 is 46.7 Å². The number of guanidine groups is 2. The van der Waals surface area contributed by atoms with E-state index in [1.54, 1.807) is 6.07 Å². The van der Waals surface area contributed by atoms with Gasteiger partial charge in [0.2, 0.25) is 0 Å². The highest BCUT2D eigenvalue weighted by atomic mass is 35.5. The SMILES string of the molecule is NC(N)=N/C(N)=N/OCCCOc1cc(Cl)c(Cl)cc1Cl. The Balaban J connectivity index is 2.32. The molecule has 1 rings (SSSR count).